The number of amides is 3. The first-order chi connectivity index (χ1) is 10.5. The fraction of sp³-hybridized carbons (Fsp3) is 0.714. The molecule has 0 aliphatic heterocycles. The Bertz CT molecular complexity index is 539. The third-order valence-corrected chi connectivity index (χ3v) is 4.95. The van der Waals surface area contributed by atoms with E-state index < -0.39 is 11.3 Å². The first-order valence-electron chi connectivity index (χ1n) is 7.63. The van der Waals surface area contributed by atoms with Gasteiger partial charge in [0, 0.05) is 13.1 Å². The predicted molar refractivity (Wildman–Crippen MR) is 84.8 cm³/mol. The van der Waals surface area contributed by atoms with Gasteiger partial charge in [-0.25, -0.2) is 4.79 Å². The van der Waals surface area contributed by atoms with Crippen LogP contribution < -0.4 is 10.6 Å². The van der Waals surface area contributed by atoms with Crippen LogP contribution in [0.1, 0.15) is 50.9 Å². The summed E-state index contributed by atoms with van der Waals surface area (Å²) in [4.78, 5) is 23.2. The minimum absolute atomic E-state index is 0.333. The van der Waals surface area contributed by atoms with Crippen molar-refractivity contribution in [3.63, 3.8) is 0 Å². The Balaban J connectivity index is 2.06. The molecule has 0 saturated heterocycles. The van der Waals surface area contributed by atoms with Crippen molar-refractivity contribution >= 4 is 23.7 Å². The van der Waals surface area contributed by atoms with Gasteiger partial charge in [-0.3, -0.25) is 10.1 Å². The molecule has 1 atom stereocenters. The number of imide groups is 1. The summed E-state index contributed by atoms with van der Waals surface area (Å²) in [6, 6.07) is -0.0807. The van der Waals surface area contributed by atoms with E-state index in [9.17, 15) is 9.59 Å². The van der Waals surface area contributed by atoms with Gasteiger partial charge in [-0.05, 0) is 26.7 Å². The van der Waals surface area contributed by atoms with E-state index in [2.05, 4.69) is 25.4 Å². The number of aryl methyl sites for hydroxylation is 1. The Morgan fingerprint density at radius 3 is 2.59 bits per heavy atom. The van der Waals surface area contributed by atoms with Gasteiger partial charge in [-0.15, -0.1) is 10.2 Å². The minimum atomic E-state index is -0.498. The largest absolute Gasteiger partial charge is 0.341 e. The standard InChI is InChI=1S/C14H23N5O2S/c1-9(12(20)16-13(21)15-3)22-14-18-17-10(2)19(14)11-7-5-4-6-8-11/h9,11H,4-8H2,1-3H3,(H2,15,16,20,21)/t9-/m1/s1. The van der Waals surface area contributed by atoms with E-state index >= 15 is 0 Å². The summed E-state index contributed by atoms with van der Waals surface area (Å²) >= 11 is 1.34. The van der Waals surface area contributed by atoms with E-state index in [4.69, 9.17) is 0 Å². The molecule has 0 unspecified atom stereocenters. The summed E-state index contributed by atoms with van der Waals surface area (Å²) in [7, 11) is 1.48. The van der Waals surface area contributed by atoms with Gasteiger partial charge >= 0.3 is 6.03 Å². The van der Waals surface area contributed by atoms with E-state index in [-0.39, 0.29) is 5.91 Å². The van der Waals surface area contributed by atoms with Gasteiger partial charge < -0.3 is 9.88 Å². The average molecular weight is 325 g/mol. The Kier molecular flexibility index (Phi) is 5.82. The van der Waals surface area contributed by atoms with Crippen molar-refractivity contribution in [1.82, 2.24) is 25.4 Å². The summed E-state index contributed by atoms with van der Waals surface area (Å²) in [6.45, 7) is 3.71. The lowest BCUT2D eigenvalue weighted by atomic mass is 9.95. The summed E-state index contributed by atoms with van der Waals surface area (Å²) < 4.78 is 2.15. The lowest BCUT2D eigenvalue weighted by Crippen LogP contribution is -2.41. The lowest BCUT2D eigenvalue weighted by molar-refractivity contribution is -0.119. The van der Waals surface area contributed by atoms with Crippen LogP contribution >= 0.6 is 11.8 Å². The molecule has 0 aromatic carbocycles. The maximum absolute atomic E-state index is 12.0. The van der Waals surface area contributed by atoms with Crippen molar-refractivity contribution < 1.29 is 9.59 Å². The van der Waals surface area contributed by atoms with Crippen LogP contribution in [0.25, 0.3) is 0 Å². The zero-order valence-electron chi connectivity index (χ0n) is 13.3. The molecule has 0 radical (unpaired) electrons. The number of carbonyl (C=O) groups excluding carboxylic acids is 2. The van der Waals surface area contributed by atoms with Gasteiger partial charge in [-0.1, -0.05) is 31.0 Å². The molecule has 0 spiro atoms. The molecule has 2 N–H and O–H groups in total. The molecule has 0 bridgehead atoms. The van der Waals surface area contributed by atoms with E-state index in [1.807, 2.05) is 6.92 Å². The molecular weight excluding hydrogens is 302 g/mol. The number of nitrogens with zero attached hydrogens (tertiary/aromatic N) is 3. The average Bonchev–Trinajstić information content (AvgIpc) is 2.88. The van der Waals surface area contributed by atoms with Crippen LogP contribution in [0.5, 0.6) is 0 Å². The second-order valence-electron chi connectivity index (χ2n) is 5.52. The molecule has 1 heterocycles. The van der Waals surface area contributed by atoms with Crippen LogP contribution in [0.2, 0.25) is 0 Å². The highest BCUT2D eigenvalue weighted by atomic mass is 32.2. The second kappa shape index (κ2) is 7.62. The molecule has 22 heavy (non-hydrogen) atoms. The lowest BCUT2D eigenvalue weighted by Gasteiger charge is -2.25. The first-order valence-corrected chi connectivity index (χ1v) is 8.51. The second-order valence-corrected chi connectivity index (χ2v) is 6.83. The Labute approximate surface area is 134 Å². The summed E-state index contributed by atoms with van der Waals surface area (Å²) in [5.74, 6) is 0.550. The van der Waals surface area contributed by atoms with Gasteiger partial charge in [0.2, 0.25) is 5.91 Å². The molecule has 122 valence electrons. The zero-order chi connectivity index (χ0) is 16.1. The number of carbonyl (C=O) groups is 2. The highest BCUT2D eigenvalue weighted by molar-refractivity contribution is 8.00. The molecule has 1 aliphatic rings. The molecule has 1 aliphatic carbocycles. The van der Waals surface area contributed by atoms with E-state index in [1.54, 1.807) is 6.92 Å². The number of hydrogen-bond acceptors (Lipinski definition) is 5. The molecule has 1 aromatic heterocycles. The van der Waals surface area contributed by atoms with Gasteiger partial charge in [0.15, 0.2) is 5.16 Å². The highest BCUT2D eigenvalue weighted by Gasteiger charge is 2.24. The summed E-state index contributed by atoms with van der Waals surface area (Å²) in [6.07, 6.45) is 5.99. The van der Waals surface area contributed by atoms with Gasteiger partial charge in [-0.2, -0.15) is 0 Å². The third kappa shape index (κ3) is 4.00. The molecule has 8 heteroatoms. The van der Waals surface area contributed by atoms with Crippen LogP contribution in [0.4, 0.5) is 4.79 Å². The Morgan fingerprint density at radius 2 is 1.95 bits per heavy atom. The van der Waals surface area contributed by atoms with Crippen LogP contribution in [-0.4, -0.2) is 39.0 Å². The fourth-order valence-corrected chi connectivity index (χ4v) is 3.64. The van der Waals surface area contributed by atoms with Crippen LogP contribution in [0, 0.1) is 6.92 Å². The molecule has 3 amide bonds. The summed E-state index contributed by atoms with van der Waals surface area (Å²) in [5.41, 5.74) is 0. The van der Waals surface area contributed by atoms with E-state index in [1.165, 1.54) is 38.1 Å². The maximum Gasteiger partial charge on any atom is 0.321 e. The topological polar surface area (TPSA) is 88.9 Å². The molecule has 1 aromatic rings. The van der Waals surface area contributed by atoms with E-state index in [0.29, 0.717) is 6.04 Å². The number of aromatic nitrogens is 3. The van der Waals surface area contributed by atoms with Crippen molar-refractivity contribution in [2.75, 3.05) is 7.05 Å². The quantitative estimate of drug-likeness (QED) is 0.827. The number of nitrogens with one attached hydrogen (secondary N) is 2. The van der Waals surface area contributed by atoms with Crippen LogP contribution in [-0.2, 0) is 4.79 Å². The first kappa shape index (κ1) is 16.8. The van der Waals surface area contributed by atoms with Gasteiger partial charge in [0.25, 0.3) is 0 Å². The van der Waals surface area contributed by atoms with Crippen molar-refractivity contribution in [1.29, 1.82) is 0 Å². The number of rotatable bonds is 4. The molecule has 1 fully saturated rings. The number of hydrogen-bond donors (Lipinski definition) is 2. The monoisotopic (exact) mass is 325 g/mol. The molecule has 2 rings (SSSR count). The number of urea groups is 1. The van der Waals surface area contributed by atoms with Crippen molar-refractivity contribution in [3.8, 4) is 0 Å². The predicted octanol–water partition coefficient (Wildman–Crippen LogP) is 2.03. The van der Waals surface area contributed by atoms with Gasteiger partial charge in [0.05, 0.1) is 5.25 Å². The zero-order valence-corrected chi connectivity index (χ0v) is 14.1. The SMILES string of the molecule is CNC(=O)NC(=O)[C@@H](C)Sc1nnc(C)n1C1CCCCC1. The molecule has 1 saturated carbocycles. The van der Waals surface area contributed by atoms with Crippen LogP contribution in [0.3, 0.4) is 0 Å². The smallest absolute Gasteiger partial charge is 0.321 e. The van der Waals surface area contributed by atoms with Crippen molar-refractivity contribution in [3.05, 3.63) is 5.82 Å². The van der Waals surface area contributed by atoms with Crippen LogP contribution in [0.15, 0.2) is 5.16 Å². The molecular formula is C14H23N5O2S. The van der Waals surface area contributed by atoms with Crippen molar-refractivity contribution in [2.45, 2.75) is 62.4 Å². The number of thioether (sulfide) groups is 1. The minimum Gasteiger partial charge on any atom is -0.341 e. The fourth-order valence-electron chi connectivity index (χ4n) is 2.68. The van der Waals surface area contributed by atoms with Crippen molar-refractivity contribution in [2.24, 2.45) is 0 Å². The summed E-state index contributed by atoms with van der Waals surface area (Å²) in [5, 5.41) is 13.4. The Hall–Kier alpha value is -1.57. The maximum atomic E-state index is 12.0. The highest BCUT2D eigenvalue weighted by Crippen LogP contribution is 2.33. The molecule has 7 nitrogen and oxygen atoms in total. The third-order valence-electron chi connectivity index (χ3n) is 3.89. The Morgan fingerprint density at radius 1 is 1.27 bits per heavy atom. The normalized spacial score (nSPS) is 17.0. The van der Waals surface area contributed by atoms with E-state index in [0.717, 1.165) is 23.8 Å². The van der Waals surface area contributed by atoms with Gasteiger partial charge in [0.1, 0.15) is 5.82 Å².